The molecule has 28 rings (SSSR count). The minimum absolute atomic E-state index is 0.619. The van der Waals surface area contributed by atoms with Crippen LogP contribution in [0.3, 0.4) is 0 Å². The van der Waals surface area contributed by atoms with Crippen molar-refractivity contribution in [1.82, 2.24) is 43.6 Å². The molecule has 0 radical (unpaired) electrons. The van der Waals surface area contributed by atoms with Crippen molar-refractivity contribution < 1.29 is 13.3 Å². The topological polar surface area (TPSA) is 132 Å². The monoisotopic (exact) mass is 1690 g/mol. The molecule has 0 aliphatic rings. The van der Waals surface area contributed by atoms with E-state index >= 15 is 0 Å². The predicted molar refractivity (Wildman–Crippen MR) is 542 cm³/mol. The minimum Gasteiger partial charge on any atom is -0.435 e. The molecule has 12 heteroatoms. The number of benzene rings is 21. The van der Waals surface area contributed by atoms with Crippen molar-refractivity contribution in [1.29, 1.82) is 0 Å². The average Bonchev–Trinajstić information content (AvgIpc) is 1.56. The van der Waals surface area contributed by atoms with Gasteiger partial charge in [0.25, 0.3) is 0 Å². The molecule has 0 atom stereocenters. The largest absolute Gasteiger partial charge is 0.435 e. The van der Waals surface area contributed by atoms with Gasteiger partial charge in [-0.3, -0.25) is 0 Å². The van der Waals surface area contributed by atoms with Gasteiger partial charge in [-0.05, 0) is 205 Å². The van der Waals surface area contributed by atoms with Crippen LogP contribution < -0.4 is 0 Å². The lowest BCUT2D eigenvalue weighted by Gasteiger charge is -2.12. The number of fused-ring (bicyclic) bond motifs is 24. The van der Waals surface area contributed by atoms with E-state index in [-0.39, 0.29) is 0 Å². The van der Waals surface area contributed by atoms with Gasteiger partial charge in [-0.15, -0.1) is 0 Å². The molecule has 0 saturated heterocycles. The second kappa shape index (κ2) is 31.0. The van der Waals surface area contributed by atoms with Gasteiger partial charge in [0.05, 0.1) is 33.1 Å². The summed E-state index contributed by atoms with van der Waals surface area (Å²) in [6.07, 6.45) is 0. The van der Waals surface area contributed by atoms with E-state index in [0.29, 0.717) is 35.1 Å². The predicted octanol–water partition coefficient (Wildman–Crippen LogP) is 31.5. The van der Waals surface area contributed by atoms with Crippen LogP contribution in [-0.4, -0.2) is 43.6 Å². The maximum Gasteiger partial charge on any atom is 0.227 e. The summed E-state index contributed by atoms with van der Waals surface area (Å²) in [7, 11) is 0. The second-order valence-electron chi connectivity index (χ2n) is 33.6. The summed E-state index contributed by atoms with van der Waals surface area (Å²) < 4.78 is 26.4. The molecule has 0 saturated carbocycles. The number of hydrogen-bond acceptors (Lipinski definition) is 9. The molecule has 28 aromatic rings. The fraction of sp³-hybridized carbons (Fsp3) is 0. The van der Waals surface area contributed by atoms with E-state index in [1.807, 2.05) is 158 Å². The summed E-state index contributed by atoms with van der Waals surface area (Å²) in [6, 6.07) is 155. The number of hydrogen-bond donors (Lipinski definition) is 0. The number of para-hydroxylation sites is 5. The van der Waals surface area contributed by atoms with Gasteiger partial charge in [0.15, 0.2) is 34.2 Å². The minimum atomic E-state index is 0.619. The van der Waals surface area contributed by atoms with Crippen molar-refractivity contribution in [2.75, 3.05) is 0 Å². The van der Waals surface area contributed by atoms with Crippen molar-refractivity contribution in [2.24, 2.45) is 0 Å². The maximum absolute atomic E-state index is 6.49. The van der Waals surface area contributed by atoms with Crippen molar-refractivity contribution in [2.45, 2.75) is 0 Å². The zero-order valence-corrected chi connectivity index (χ0v) is 70.9. The summed E-state index contributed by atoms with van der Waals surface area (Å²) in [6.45, 7) is 0. The van der Waals surface area contributed by atoms with Crippen LogP contribution in [0.5, 0.6) is 0 Å². The van der Waals surface area contributed by atoms with Gasteiger partial charge in [0, 0.05) is 98.9 Å². The van der Waals surface area contributed by atoms with Crippen LogP contribution >= 0.6 is 0 Å². The van der Waals surface area contributed by atoms with Gasteiger partial charge in [-0.1, -0.05) is 297 Å². The highest BCUT2D eigenvalue weighted by molar-refractivity contribution is 6.23. The van der Waals surface area contributed by atoms with Gasteiger partial charge < -0.3 is 27.0 Å². The molecule has 12 nitrogen and oxygen atoms in total. The summed E-state index contributed by atoms with van der Waals surface area (Å²) in [4.78, 5) is 29.1. The van der Waals surface area contributed by atoms with Crippen LogP contribution in [0.25, 0.3) is 260 Å². The first kappa shape index (κ1) is 75.3. The normalized spacial score (nSPS) is 11.8. The number of nitrogens with zero attached hydrogens (tertiary/aromatic N) is 9. The van der Waals surface area contributed by atoms with Crippen LogP contribution in [0.1, 0.15) is 0 Å². The van der Waals surface area contributed by atoms with E-state index in [0.717, 1.165) is 132 Å². The van der Waals surface area contributed by atoms with Crippen LogP contribution in [0.4, 0.5) is 0 Å². The third-order valence-electron chi connectivity index (χ3n) is 25.8. The molecule has 0 N–H and O–H groups in total. The van der Waals surface area contributed by atoms with Crippen molar-refractivity contribution in [3.63, 3.8) is 0 Å². The third-order valence-corrected chi connectivity index (χ3v) is 25.8. The molecule has 616 valence electrons. The maximum atomic E-state index is 6.49. The van der Waals surface area contributed by atoms with E-state index in [2.05, 4.69) is 299 Å². The zero-order chi connectivity index (χ0) is 86.9. The fourth-order valence-electron chi connectivity index (χ4n) is 19.7. The molecule has 0 bridgehead atoms. The van der Waals surface area contributed by atoms with Crippen LogP contribution in [0.15, 0.2) is 456 Å². The molecular weight excluding hydrogens is 1620 g/mol. The molecule has 7 heterocycles. The first-order valence-electron chi connectivity index (χ1n) is 44.3. The highest BCUT2D eigenvalue weighted by Crippen LogP contribution is 2.46. The molecule has 7 aromatic heterocycles. The third kappa shape index (κ3) is 12.7. The Kier molecular flexibility index (Phi) is 17.7. The second-order valence-corrected chi connectivity index (χ2v) is 33.6. The Balaban J connectivity index is 0.000000104. The van der Waals surface area contributed by atoms with Crippen LogP contribution in [-0.2, 0) is 0 Å². The molecule has 132 heavy (non-hydrogen) atoms. The Hall–Kier alpha value is -18.0. The number of oxazole rings is 3. The van der Waals surface area contributed by atoms with Gasteiger partial charge in [0.2, 0.25) is 17.7 Å². The molecule has 0 fully saturated rings. The van der Waals surface area contributed by atoms with Crippen LogP contribution in [0.2, 0.25) is 0 Å². The Bertz CT molecular complexity index is 9400. The highest BCUT2D eigenvalue weighted by Gasteiger charge is 2.24. The smallest absolute Gasteiger partial charge is 0.227 e. The Morgan fingerprint density at radius 2 is 0.455 bits per heavy atom. The first-order valence-corrected chi connectivity index (χ1v) is 44.3. The average molecular weight is 1690 g/mol. The quantitative estimate of drug-likeness (QED) is 0.123. The lowest BCUT2D eigenvalue weighted by molar-refractivity contribution is 0.623. The van der Waals surface area contributed by atoms with Gasteiger partial charge >= 0.3 is 0 Å². The molecule has 0 aliphatic heterocycles. The summed E-state index contributed by atoms with van der Waals surface area (Å²) in [5.74, 6) is 3.82. The Labute approximate surface area is 754 Å². The van der Waals surface area contributed by atoms with Gasteiger partial charge in [-0.25, -0.2) is 29.9 Å². The SMILES string of the molecule is c1ccc(-c2nc(-c3ccccc3)nc(-c3ccc4c(ccc5ccc6nc(-c7ccccc7)oc6c54)c3)n2)cc1.c1ccc(-c2nc3ccc4ccc5cc(-c6ccc7c(c6)c6ccccc6n7-c6ccccc6)ccc5c4c3o2)cc1.c1ccc(-c2nc3ccc4ccc5cc(-n6c7ccccc7c7cc8c9ccccc9n(-c9ccccc9)c8cc76)ccc5c4c3o2)cc1. The van der Waals surface area contributed by atoms with E-state index in [1.165, 1.54) is 93.0 Å². The molecule has 21 aromatic carbocycles. The highest BCUT2D eigenvalue weighted by atomic mass is 16.4. The molecule has 0 aliphatic carbocycles. The number of rotatable bonds is 10. The van der Waals surface area contributed by atoms with Gasteiger partial charge in [-0.2, -0.15) is 0 Å². The summed E-state index contributed by atoms with van der Waals surface area (Å²) >= 11 is 0. The lowest BCUT2D eigenvalue weighted by atomic mass is 9.96. The van der Waals surface area contributed by atoms with E-state index < -0.39 is 0 Å². The Morgan fingerprint density at radius 1 is 0.159 bits per heavy atom. The Morgan fingerprint density at radius 3 is 0.879 bits per heavy atom. The standard InChI is InChI=1S/C45H27N3O.C39H24N2O.C36H22N4O/c1-3-11-29(12-4-1)45-46-38-24-21-28-19-20-30-25-32(22-23-33(30)43(28)44(38)49-45)48-40-18-10-8-16-35(40)37-26-36-34-15-7-9-17-39(34)47(41(36)27-42(37)48)31-13-5-2-6-14-31;1-3-9-26(10-4-1)39-40-34-21-18-25-15-16-29-23-27(17-20-31(29)37(25)38(34)42-39)28-19-22-36-33(24-28)32-13-7-8-14-35(32)41(36)30-11-5-2-6-12-30;1-4-10-24(11-5-1)33-38-34(25-12-6-2-7-13-25)40-35(39-33)28-18-20-29-27(22-28)17-16-23-19-21-30-32(31(23)29)41-36(37-30)26-14-8-3-9-15-26/h1-27H;1-24H;1-22H. The van der Waals surface area contributed by atoms with Crippen LogP contribution in [0, 0.1) is 0 Å². The fourth-order valence-corrected chi connectivity index (χ4v) is 19.7. The van der Waals surface area contributed by atoms with E-state index in [9.17, 15) is 0 Å². The number of aromatic nitrogens is 9. The van der Waals surface area contributed by atoms with E-state index in [1.54, 1.807) is 0 Å². The van der Waals surface area contributed by atoms with Gasteiger partial charge in [0.1, 0.15) is 16.6 Å². The zero-order valence-electron chi connectivity index (χ0n) is 70.9. The summed E-state index contributed by atoms with van der Waals surface area (Å²) in [5.41, 5.74) is 23.8. The van der Waals surface area contributed by atoms with Crippen molar-refractivity contribution >= 4 is 163 Å². The molecule has 0 unspecified atom stereocenters. The van der Waals surface area contributed by atoms with E-state index in [4.69, 9.17) is 43.2 Å². The summed E-state index contributed by atoms with van der Waals surface area (Å²) in [5, 5.41) is 20.9. The van der Waals surface area contributed by atoms with Crippen molar-refractivity contribution in [3.8, 4) is 96.7 Å². The molecular formula is C120H73N9O3. The molecule has 0 amide bonds. The van der Waals surface area contributed by atoms with Crippen molar-refractivity contribution in [3.05, 3.63) is 443 Å². The molecule has 0 spiro atoms. The first-order chi connectivity index (χ1) is 65.4. The lowest BCUT2D eigenvalue weighted by Crippen LogP contribution is -2.00.